The lowest BCUT2D eigenvalue weighted by Crippen LogP contribution is -2.57. The largest absolute Gasteiger partial charge is 0.366 e. The van der Waals surface area contributed by atoms with Gasteiger partial charge in [-0.1, -0.05) is 30.3 Å². The molecule has 28 heavy (non-hydrogen) atoms. The molecule has 7 heteroatoms. The summed E-state index contributed by atoms with van der Waals surface area (Å²) in [6, 6.07) is 16.8. The minimum atomic E-state index is -1.40. The van der Waals surface area contributed by atoms with Gasteiger partial charge in [0.1, 0.15) is 11.7 Å². The zero-order valence-electron chi connectivity index (χ0n) is 14.7. The summed E-state index contributed by atoms with van der Waals surface area (Å²) < 4.78 is 40.4. The topological polar surface area (TPSA) is 62.4 Å². The number of rotatable bonds is 3. The summed E-state index contributed by atoms with van der Waals surface area (Å²) in [4.78, 5) is 4.59. The molecule has 4 N–H and O–H groups in total. The zero-order valence-corrected chi connectivity index (χ0v) is 14.7. The predicted molar refractivity (Wildman–Crippen MR) is 103 cm³/mol. The zero-order chi connectivity index (χ0) is 19.7. The normalized spacial score (nSPS) is 18.1. The van der Waals surface area contributed by atoms with E-state index in [-0.39, 0.29) is 5.82 Å². The van der Waals surface area contributed by atoms with Crippen LogP contribution in [0.1, 0.15) is 11.1 Å². The molecule has 0 amide bonds. The van der Waals surface area contributed by atoms with Gasteiger partial charge in [-0.15, -0.1) is 0 Å². The van der Waals surface area contributed by atoms with Crippen molar-refractivity contribution in [1.82, 2.24) is 5.32 Å². The van der Waals surface area contributed by atoms with Gasteiger partial charge < -0.3 is 10.6 Å². The quantitative estimate of drug-likeness (QED) is 0.637. The molecular formula is C21H17F3N4. The Bertz CT molecular complexity index is 1050. The lowest BCUT2D eigenvalue weighted by atomic mass is 9.95. The van der Waals surface area contributed by atoms with Crippen LogP contribution in [0.4, 0.5) is 24.5 Å². The van der Waals surface area contributed by atoms with Gasteiger partial charge in [-0.3, -0.25) is 5.73 Å². The van der Waals surface area contributed by atoms with Gasteiger partial charge in [0.05, 0.1) is 11.4 Å². The van der Waals surface area contributed by atoms with Crippen molar-refractivity contribution in [2.45, 2.75) is 12.2 Å². The molecule has 1 unspecified atom stereocenters. The third kappa shape index (κ3) is 3.32. The van der Waals surface area contributed by atoms with E-state index in [4.69, 9.17) is 5.73 Å². The van der Waals surface area contributed by atoms with E-state index in [2.05, 4.69) is 15.6 Å². The van der Waals surface area contributed by atoms with Crippen LogP contribution < -0.4 is 16.4 Å². The molecule has 0 aromatic heterocycles. The number of fused-ring (bicyclic) bond motifs is 1. The molecule has 4 nitrogen and oxygen atoms in total. The molecular weight excluding hydrogens is 365 g/mol. The van der Waals surface area contributed by atoms with Gasteiger partial charge >= 0.3 is 0 Å². The van der Waals surface area contributed by atoms with E-state index in [1.54, 1.807) is 18.2 Å². The first-order valence-corrected chi connectivity index (χ1v) is 8.65. The van der Waals surface area contributed by atoms with Crippen molar-refractivity contribution in [3.05, 3.63) is 95.3 Å². The van der Waals surface area contributed by atoms with Crippen LogP contribution >= 0.6 is 0 Å². The van der Waals surface area contributed by atoms with Crippen molar-refractivity contribution in [3.63, 3.8) is 0 Å². The van der Waals surface area contributed by atoms with Crippen molar-refractivity contribution < 1.29 is 13.2 Å². The molecule has 0 bridgehead atoms. The minimum Gasteiger partial charge on any atom is -0.366 e. The van der Waals surface area contributed by atoms with Crippen LogP contribution in [0.2, 0.25) is 0 Å². The van der Waals surface area contributed by atoms with Crippen LogP contribution in [0.15, 0.2) is 71.7 Å². The van der Waals surface area contributed by atoms with Crippen molar-refractivity contribution in [1.29, 1.82) is 0 Å². The number of halogens is 3. The molecule has 0 saturated carbocycles. The second-order valence-corrected chi connectivity index (χ2v) is 6.52. The minimum absolute atomic E-state index is 0.311. The maximum absolute atomic E-state index is 13.9. The smallest absolute Gasteiger partial charge is 0.172 e. The van der Waals surface area contributed by atoms with Crippen LogP contribution in [-0.4, -0.2) is 5.84 Å². The van der Waals surface area contributed by atoms with Gasteiger partial charge in [0, 0.05) is 12.1 Å². The monoisotopic (exact) mass is 382 g/mol. The number of para-hydroxylation sites is 2. The molecule has 142 valence electrons. The molecule has 0 fully saturated rings. The van der Waals surface area contributed by atoms with Crippen molar-refractivity contribution in [3.8, 4) is 0 Å². The molecule has 3 aromatic carbocycles. The number of aliphatic imine (C=N–C) groups is 1. The number of nitrogens with two attached hydrogens (primary N) is 1. The lowest BCUT2D eigenvalue weighted by Gasteiger charge is -2.37. The third-order valence-electron chi connectivity index (χ3n) is 4.59. The Morgan fingerprint density at radius 2 is 1.68 bits per heavy atom. The van der Waals surface area contributed by atoms with E-state index in [0.717, 1.165) is 17.7 Å². The molecule has 0 radical (unpaired) electrons. The summed E-state index contributed by atoms with van der Waals surface area (Å²) >= 11 is 0. The molecule has 0 saturated heterocycles. The average molecular weight is 382 g/mol. The van der Waals surface area contributed by atoms with Gasteiger partial charge in [-0.25, -0.2) is 18.2 Å². The fraction of sp³-hybridized carbons (Fsp3) is 0.0952. The van der Waals surface area contributed by atoms with E-state index in [1.165, 1.54) is 18.2 Å². The Labute approximate surface area is 159 Å². The molecule has 3 aromatic rings. The van der Waals surface area contributed by atoms with Crippen LogP contribution in [0, 0.1) is 17.5 Å². The highest BCUT2D eigenvalue weighted by atomic mass is 19.2. The first-order valence-electron chi connectivity index (χ1n) is 8.65. The maximum Gasteiger partial charge on any atom is 0.172 e. The number of hydrogen-bond acceptors (Lipinski definition) is 4. The Balaban J connectivity index is 1.72. The number of anilines is 1. The van der Waals surface area contributed by atoms with E-state index in [9.17, 15) is 13.2 Å². The van der Waals surface area contributed by atoms with Gasteiger partial charge in [0.25, 0.3) is 0 Å². The number of hydrogen-bond donors (Lipinski definition) is 3. The van der Waals surface area contributed by atoms with Crippen LogP contribution in [0.25, 0.3) is 0 Å². The van der Waals surface area contributed by atoms with Gasteiger partial charge in [-0.2, -0.15) is 0 Å². The molecule has 1 aliphatic rings. The lowest BCUT2D eigenvalue weighted by molar-refractivity contribution is 0.503. The number of nitrogens with zero attached hydrogens (tertiary/aromatic N) is 1. The number of amidine groups is 1. The van der Waals surface area contributed by atoms with E-state index < -0.39 is 17.3 Å². The summed E-state index contributed by atoms with van der Waals surface area (Å²) in [5.74, 6) is -1.95. The molecule has 0 spiro atoms. The average Bonchev–Trinajstić information content (AvgIpc) is 2.69. The standard InChI is InChI=1S/C21H17F3N4/c22-15-8-5-13(6-9-15)12-26-20-21(25,14-7-10-16(23)17(24)11-14)28-19-4-2-1-3-18(19)27-20/h1-11,28H,12,25H2,(H,26,27). The van der Waals surface area contributed by atoms with Crippen LogP contribution in [0.3, 0.4) is 0 Å². The molecule has 1 aliphatic heterocycles. The second kappa shape index (κ2) is 7.01. The van der Waals surface area contributed by atoms with Crippen LogP contribution in [0.5, 0.6) is 0 Å². The fourth-order valence-corrected chi connectivity index (χ4v) is 3.07. The maximum atomic E-state index is 13.9. The Hall–Kier alpha value is -3.32. The Morgan fingerprint density at radius 3 is 2.43 bits per heavy atom. The van der Waals surface area contributed by atoms with E-state index >= 15 is 0 Å². The number of nitrogens with one attached hydrogen (secondary N) is 2. The molecule has 0 aliphatic carbocycles. The molecule has 1 atom stereocenters. The summed E-state index contributed by atoms with van der Waals surface area (Å²) in [5.41, 5.74) is 7.65. The van der Waals surface area contributed by atoms with Gasteiger partial charge in [0.15, 0.2) is 17.3 Å². The third-order valence-corrected chi connectivity index (χ3v) is 4.59. The molecule has 1 heterocycles. The van der Waals surface area contributed by atoms with E-state index in [0.29, 0.717) is 29.3 Å². The highest BCUT2D eigenvalue weighted by molar-refractivity contribution is 6.00. The summed E-state index contributed by atoms with van der Waals surface area (Å²) in [6.45, 7) is 0.325. The highest BCUT2D eigenvalue weighted by Gasteiger charge is 2.38. The van der Waals surface area contributed by atoms with Crippen molar-refractivity contribution >= 4 is 17.2 Å². The van der Waals surface area contributed by atoms with Gasteiger partial charge in [-0.05, 0) is 42.0 Å². The van der Waals surface area contributed by atoms with Crippen molar-refractivity contribution in [2.24, 2.45) is 10.7 Å². The summed E-state index contributed by atoms with van der Waals surface area (Å²) in [6.07, 6.45) is 0. The second-order valence-electron chi connectivity index (χ2n) is 6.52. The van der Waals surface area contributed by atoms with Crippen LogP contribution in [-0.2, 0) is 12.2 Å². The predicted octanol–water partition coefficient (Wildman–Crippen LogP) is 4.16. The fourth-order valence-electron chi connectivity index (χ4n) is 3.07. The van der Waals surface area contributed by atoms with E-state index in [1.807, 2.05) is 18.2 Å². The first-order chi connectivity index (χ1) is 13.5. The Kier molecular flexibility index (Phi) is 4.52. The summed E-state index contributed by atoms with van der Waals surface area (Å²) in [5, 5.41) is 6.31. The summed E-state index contributed by atoms with van der Waals surface area (Å²) in [7, 11) is 0. The first kappa shape index (κ1) is 18.1. The van der Waals surface area contributed by atoms with Crippen molar-refractivity contribution in [2.75, 3.05) is 5.32 Å². The highest BCUT2D eigenvalue weighted by Crippen LogP contribution is 2.35. The number of benzene rings is 3. The Morgan fingerprint density at radius 1 is 0.929 bits per heavy atom. The van der Waals surface area contributed by atoms with Gasteiger partial charge in [0.2, 0.25) is 0 Å². The molecule has 4 rings (SSSR count). The SMILES string of the molecule is NC1(c2ccc(F)c(F)c2)Nc2ccccc2N=C1NCc1ccc(F)cc1.